The number of benzene rings is 3. The second kappa shape index (κ2) is 12.3. The van der Waals surface area contributed by atoms with Crippen LogP contribution in [-0.4, -0.2) is 55.8 Å². The van der Waals surface area contributed by atoms with Gasteiger partial charge in [-0.15, -0.1) is 0 Å². The number of aliphatic hydroxyl groups is 2. The lowest BCUT2D eigenvalue weighted by Gasteiger charge is -2.18. The summed E-state index contributed by atoms with van der Waals surface area (Å²) in [6, 6.07) is 19.5. The van der Waals surface area contributed by atoms with Gasteiger partial charge in [-0.2, -0.15) is 18.3 Å². The van der Waals surface area contributed by atoms with E-state index < -0.39 is 18.9 Å². The van der Waals surface area contributed by atoms with Gasteiger partial charge in [-0.25, -0.2) is 0 Å². The third kappa shape index (κ3) is 5.94. The summed E-state index contributed by atoms with van der Waals surface area (Å²) in [5.74, 6) is 0.788. The monoisotopic (exact) mass is 606 g/mol. The normalized spacial score (nSPS) is 14.7. The molecule has 0 saturated heterocycles. The zero-order chi connectivity index (χ0) is 31.0. The van der Waals surface area contributed by atoms with Crippen molar-refractivity contribution < 1.29 is 28.1 Å². The van der Waals surface area contributed by atoms with Crippen molar-refractivity contribution >= 4 is 21.7 Å². The molecule has 1 aliphatic heterocycles. The van der Waals surface area contributed by atoms with Gasteiger partial charge in [-0.3, -0.25) is 4.68 Å². The van der Waals surface area contributed by atoms with Crippen molar-refractivity contribution in [1.82, 2.24) is 19.2 Å². The number of aliphatic hydroxyl groups excluding tert-OH is 1. The minimum Gasteiger partial charge on any atom is -0.493 e. The van der Waals surface area contributed by atoms with Crippen LogP contribution in [0.2, 0.25) is 0 Å². The Morgan fingerprint density at radius 1 is 0.932 bits per heavy atom. The first-order valence-corrected chi connectivity index (χ1v) is 15.0. The number of hydrogen-bond acceptors (Lipinski definition) is 5. The first-order valence-electron chi connectivity index (χ1n) is 15.0. The highest BCUT2D eigenvalue weighted by Crippen LogP contribution is 2.41. The number of halogens is 3. The molecule has 7 nitrogen and oxygen atoms in total. The summed E-state index contributed by atoms with van der Waals surface area (Å²) in [7, 11) is 3.65. The van der Waals surface area contributed by atoms with Crippen molar-refractivity contribution in [3.8, 4) is 16.9 Å². The maximum absolute atomic E-state index is 13.8. The van der Waals surface area contributed by atoms with Crippen LogP contribution < -0.4 is 4.74 Å². The third-order valence-electron chi connectivity index (χ3n) is 8.52. The molecule has 5 aromatic rings. The van der Waals surface area contributed by atoms with E-state index in [0.29, 0.717) is 60.6 Å². The minimum absolute atomic E-state index is 0.0287. The summed E-state index contributed by atoms with van der Waals surface area (Å²) < 4.78 is 51.0. The van der Waals surface area contributed by atoms with Crippen molar-refractivity contribution in [3.05, 3.63) is 83.3 Å². The third-order valence-corrected chi connectivity index (χ3v) is 8.52. The number of aryl methyl sites for hydroxylation is 3. The molecule has 10 heteroatoms. The van der Waals surface area contributed by atoms with Crippen LogP contribution in [0, 0.1) is 0 Å². The van der Waals surface area contributed by atoms with E-state index in [9.17, 15) is 23.4 Å². The summed E-state index contributed by atoms with van der Waals surface area (Å²) in [4.78, 5) is 2.10. The van der Waals surface area contributed by atoms with Crippen molar-refractivity contribution in [2.24, 2.45) is 7.05 Å². The molecule has 3 heterocycles. The molecular formula is C34H37F3N4O3. The van der Waals surface area contributed by atoms with E-state index >= 15 is 0 Å². The first kappa shape index (κ1) is 30.2. The number of alkyl halides is 3. The molecule has 2 N–H and O–H groups in total. The Balaban J connectivity index is 1.43. The van der Waals surface area contributed by atoms with E-state index in [1.807, 2.05) is 72.3 Å². The van der Waals surface area contributed by atoms with Crippen LogP contribution in [0.25, 0.3) is 32.8 Å². The lowest BCUT2D eigenvalue weighted by atomic mass is 9.96. The van der Waals surface area contributed by atoms with Crippen LogP contribution in [0.15, 0.2) is 60.7 Å². The van der Waals surface area contributed by atoms with Gasteiger partial charge in [0.15, 0.2) is 6.29 Å². The fourth-order valence-electron chi connectivity index (χ4n) is 6.66. The Morgan fingerprint density at radius 3 is 2.45 bits per heavy atom. The lowest BCUT2D eigenvalue weighted by molar-refractivity contribution is -0.127. The van der Waals surface area contributed by atoms with Crippen LogP contribution in [0.4, 0.5) is 13.2 Å². The summed E-state index contributed by atoms with van der Waals surface area (Å²) in [5, 5.41) is 28.7. The Hall–Kier alpha value is -3.86. The number of aromatic nitrogens is 3. The number of rotatable bonds is 7. The quantitative estimate of drug-likeness (QED) is 0.163. The summed E-state index contributed by atoms with van der Waals surface area (Å²) in [5.41, 5.74) is 3.63. The molecule has 6 rings (SSSR count). The largest absolute Gasteiger partial charge is 0.493 e. The zero-order valence-electron chi connectivity index (χ0n) is 24.9. The van der Waals surface area contributed by atoms with Gasteiger partial charge in [-0.05, 0) is 56.3 Å². The molecule has 0 spiro atoms. The van der Waals surface area contributed by atoms with Gasteiger partial charge in [0.05, 0.1) is 35.6 Å². The second-order valence-electron chi connectivity index (χ2n) is 11.6. The Bertz CT molecular complexity index is 1790. The van der Waals surface area contributed by atoms with Crippen LogP contribution in [0.5, 0.6) is 5.75 Å². The molecule has 1 aliphatic rings. The van der Waals surface area contributed by atoms with Crippen molar-refractivity contribution in [1.29, 1.82) is 0 Å². The first-order chi connectivity index (χ1) is 21.1. The molecule has 0 bridgehead atoms. The average Bonchev–Trinajstić information content (AvgIpc) is 3.44. The highest BCUT2D eigenvalue weighted by atomic mass is 19.4. The maximum Gasteiger partial charge on any atom is 0.394 e. The molecular weight excluding hydrogens is 569 g/mol. The molecule has 44 heavy (non-hydrogen) atoms. The summed E-state index contributed by atoms with van der Waals surface area (Å²) in [6.07, 6.45) is -4.61. The molecule has 0 amide bonds. The number of ether oxygens (including phenoxy) is 1. The van der Waals surface area contributed by atoms with E-state index in [4.69, 9.17) is 4.74 Å². The predicted molar refractivity (Wildman–Crippen MR) is 164 cm³/mol. The Kier molecular flexibility index (Phi) is 8.41. The van der Waals surface area contributed by atoms with Crippen LogP contribution in [0.3, 0.4) is 0 Å². The van der Waals surface area contributed by atoms with Gasteiger partial charge in [0, 0.05) is 42.0 Å². The van der Waals surface area contributed by atoms with Crippen LogP contribution >= 0.6 is 0 Å². The van der Waals surface area contributed by atoms with Gasteiger partial charge in [0.25, 0.3) is 0 Å². The number of hydrogen-bond donors (Lipinski definition) is 2. The van der Waals surface area contributed by atoms with Gasteiger partial charge in [0.1, 0.15) is 5.75 Å². The highest BCUT2D eigenvalue weighted by Gasteiger charge is 2.34. The highest BCUT2D eigenvalue weighted by molar-refractivity contribution is 5.99. The number of nitrogens with zero attached hydrogens (tertiary/aromatic N) is 4. The van der Waals surface area contributed by atoms with E-state index in [-0.39, 0.29) is 5.69 Å². The zero-order valence-corrected chi connectivity index (χ0v) is 24.9. The van der Waals surface area contributed by atoms with Gasteiger partial charge in [-0.1, -0.05) is 54.6 Å². The molecule has 232 valence electrons. The smallest absolute Gasteiger partial charge is 0.394 e. The van der Waals surface area contributed by atoms with Gasteiger partial charge >= 0.3 is 6.18 Å². The van der Waals surface area contributed by atoms with Crippen molar-refractivity contribution in [2.45, 2.75) is 57.7 Å². The molecule has 2 aromatic heterocycles. The van der Waals surface area contributed by atoms with Crippen molar-refractivity contribution in [3.63, 3.8) is 0 Å². The molecule has 0 radical (unpaired) electrons. The number of fused-ring (bicyclic) bond motifs is 3. The van der Waals surface area contributed by atoms with E-state index in [1.54, 1.807) is 11.7 Å². The number of para-hydroxylation sites is 1. The minimum atomic E-state index is -4.43. The van der Waals surface area contributed by atoms with Gasteiger partial charge < -0.3 is 24.4 Å². The topological polar surface area (TPSA) is 75.7 Å². The molecule has 0 saturated carbocycles. The predicted octanol–water partition coefficient (Wildman–Crippen LogP) is 6.52. The molecule has 3 aromatic carbocycles. The van der Waals surface area contributed by atoms with E-state index in [1.165, 1.54) is 0 Å². The fourth-order valence-corrected chi connectivity index (χ4v) is 6.66. The van der Waals surface area contributed by atoms with Crippen LogP contribution in [-0.2, 0) is 33.0 Å². The van der Waals surface area contributed by atoms with E-state index in [2.05, 4.69) is 10.00 Å². The lowest BCUT2D eigenvalue weighted by Crippen LogP contribution is -2.21. The average molecular weight is 607 g/mol. The maximum atomic E-state index is 13.8. The fraction of sp³-hybridized carbons (Fsp3) is 0.382. The molecule has 0 fully saturated rings. The Morgan fingerprint density at radius 2 is 1.66 bits per heavy atom. The Labute approximate surface area is 254 Å². The standard InChI is InChI=1S/C34H37F3N4O3/c1-39-17-5-6-18-41-31-24(13-8-14-26(31)30-27(20-34(35,36)37)38-40(2)28(30)21-39)25(32(41)33(42)43)15-9-19-44-29-16-7-11-22-10-3-4-12-23(22)29/h3-4,7-8,10-14,16,33,42-43H,5-6,9,15,17-21H2,1-2H3. The van der Waals surface area contributed by atoms with E-state index in [0.717, 1.165) is 46.9 Å². The summed E-state index contributed by atoms with van der Waals surface area (Å²) >= 11 is 0. The molecule has 0 atom stereocenters. The van der Waals surface area contributed by atoms with Crippen LogP contribution in [0.1, 0.15) is 48.2 Å². The second-order valence-corrected chi connectivity index (χ2v) is 11.6. The summed E-state index contributed by atoms with van der Waals surface area (Å²) in [6.45, 7) is 2.11. The van der Waals surface area contributed by atoms with Crippen molar-refractivity contribution in [2.75, 3.05) is 20.2 Å². The molecule has 0 aliphatic carbocycles. The SMILES string of the molecule is CN1CCCCn2c(C(O)O)c(CCCOc3cccc4ccccc34)c3cccc(c32)-c2c(CC(F)(F)F)nn(C)c2C1. The van der Waals surface area contributed by atoms with Gasteiger partial charge in [0.2, 0.25) is 0 Å². The molecule has 0 unspecified atom stereocenters.